The molecule has 5 heteroatoms. The number of carbonyl (C=O) groups is 2. The van der Waals surface area contributed by atoms with Crippen molar-refractivity contribution in [2.45, 2.75) is 18.3 Å². The van der Waals surface area contributed by atoms with Gasteiger partial charge >= 0.3 is 5.97 Å². The van der Waals surface area contributed by atoms with Crippen molar-refractivity contribution >= 4 is 18.0 Å². The van der Waals surface area contributed by atoms with E-state index in [0.29, 0.717) is 31.5 Å². The number of carboxylic acids is 1. The number of likely N-dealkylation sites (tertiary alicyclic amines) is 1. The molecule has 2 aromatic carbocycles. The van der Waals surface area contributed by atoms with Gasteiger partial charge in [0.05, 0.1) is 11.0 Å². The molecule has 1 saturated heterocycles. The number of fused-ring (bicyclic) bond motifs is 1. The predicted octanol–water partition coefficient (Wildman–Crippen LogP) is 3.11. The van der Waals surface area contributed by atoms with Crippen LogP contribution < -0.4 is 4.74 Å². The van der Waals surface area contributed by atoms with E-state index in [1.807, 2.05) is 60.7 Å². The lowest BCUT2D eigenvalue weighted by atomic mass is 9.72. The molecule has 2 aromatic rings. The van der Waals surface area contributed by atoms with Gasteiger partial charge in [0.1, 0.15) is 12.4 Å². The Hall–Kier alpha value is -3.08. The molecule has 1 amide bonds. The highest BCUT2D eigenvalue weighted by molar-refractivity contribution is 5.99. The van der Waals surface area contributed by atoms with E-state index in [-0.39, 0.29) is 12.5 Å². The van der Waals surface area contributed by atoms with Gasteiger partial charge in [-0.05, 0) is 30.5 Å². The first-order valence-electron chi connectivity index (χ1n) is 9.11. The van der Waals surface area contributed by atoms with Crippen LogP contribution in [0.1, 0.15) is 24.0 Å². The van der Waals surface area contributed by atoms with E-state index in [1.165, 1.54) is 0 Å². The number of carbonyl (C=O) groups excluding carboxylic acids is 1. The summed E-state index contributed by atoms with van der Waals surface area (Å²) in [4.78, 5) is 26.7. The average Bonchev–Trinajstić information content (AvgIpc) is 2.73. The fourth-order valence-corrected chi connectivity index (χ4v) is 3.92. The lowest BCUT2D eigenvalue weighted by molar-refractivity contribution is -0.147. The molecule has 4 rings (SSSR count). The molecule has 0 saturated carbocycles. The summed E-state index contributed by atoms with van der Waals surface area (Å²) in [6, 6.07) is 16.9. The Balaban J connectivity index is 1.52. The van der Waals surface area contributed by atoms with E-state index in [1.54, 1.807) is 4.90 Å². The lowest BCUT2D eigenvalue weighted by Gasteiger charge is -2.39. The van der Waals surface area contributed by atoms with Crippen LogP contribution in [0.4, 0.5) is 0 Å². The van der Waals surface area contributed by atoms with Gasteiger partial charge in [0.25, 0.3) is 5.91 Å². The topological polar surface area (TPSA) is 66.8 Å². The Labute approximate surface area is 157 Å². The molecule has 0 bridgehead atoms. The van der Waals surface area contributed by atoms with E-state index in [9.17, 15) is 14.7 Å². The molecule has 2 aliphatic rings. The van der Waals surface area contributed by atoms with Crippen LogP contribution in [0.25, 0.3) is 6.08 Å². The second-order valence-electron chi connectivity index (χ2n) is 7.04. The Morgan fingerprint density at radius 2 is 1.63 bits per heavy atom. The molecule has 138 valence electrons. The number of rotatable bonds is 3. The number of aliphatic carboxylic acids is 1. The van der Waals surface area contributed by atoms with Gasteiger partial charge in [-0.2, -0.15) is 0 Å². The standard InChI is InChI=1S/C22H21NO4/c24-20(17-14-16-6-4-5-9-19(16)27-15-17)23-12-10-22(11-13-23,21(25)26)18-7-2-1-3-8-18/h1-9,14H,10-13,15H2,(H,25,26). The van der Waals surface area contributed by atoms with Crippen molar-refractivity contribution in [3.8, 4) is 5.75 Å². The molecule has 2 aliphatic heterocycles. The fourth-order valence-electron chi connectivity index (χ4n) is 3.92. The average molecular weight is 363 g/mol. The molecule has 0 atom stereocenters. The van der Waals surface area contributed by atoms with Crippen molar-refractivity contribution in [3.63, 3.8) is 0 Å². The van der Waals surface area contributed by atoms with E-state index in [0.717, 1.165) is 16.9 Å². The molecule has 2 heterocycles. The van der Waals surface area contributed by atoms with Gasteiger partial charge in [-0.1, -0.05) is 48.5 Å². The van der Waals surface area contributed by atoms with E-state index >= 15 is 0 Å². The van der Waals surface area contributed by atoms with Crippen molar-refractivity contribution in [3.05, 3.63) is 71.3 Å². The van der Waals surface area contributed by atoms with Crippen LogP contribution in [-0.2, 0) is 15.0 Å². The molecule has 0 spiro atoms. The molecule has 1 N–H and O–H groups in total. The molecular weight excluding hydrogens is 342 g/mol. The molecule has 0 aromatic heterocycles. The number of hydrogen-bond acceptors (Lipinski definition) is 3. The summed E-state index contributed by atoms with van der Waals surface area (Å²) >= 11 is 0. The third-order valence-electron chi connectivity index (χ3n) is 5.55. The highest BCUT2D eigenvalue weighted by Gasteiger charge is 2.44. The zero-order chi connectivity index (χ0) is 18.9. The second-order valence-corrected chi connectivity index (χ2v) is 7.04. The Morgan fingerprint density at radius 1 is 0.963 bits per heavy atom. The van der Waals surface area contributed by atoms with Crippen molar-refractivity contribution in [1.82, 2.24) is 4.90 Å². The van der Waals surface area contributed by atoms with Gasteiger partial charge in [0, 0.05) is 18.7 Å². The van der Waals surface area contributed by atoms with Gasteiger partial charge in [0.2, 0.25) is 0 Å². The monoisotopic (exact) mass is 363 g/mol. The number of piperidine rings is 1. The summed E-state index contributed by atoms with van der Waals surface area (Å²) in [7, 11) is 0. The maximum Gasteiger partial charge on any atom is 0.314 e. The minimum absolute atomic E-state index is 0.0726. The van der Waals surface area contributed by atoms with E-state index in [2.05, 4.69) is 0 Å². The van der Waals surface area contributed by atoms with Crippen LogP contribution in [-0.4, -0.2) is 41.6 Å². The number of amides is 1. The van der Waals surface area contributed by atoms with Crippen LogP contribution >= 0.6 is 0 Å². The molecular formula is C22H21NO4. The zero-order valence-electron chi connectivity index (χ0n) is 14.9. The number of benzene rings is 2. The van der Waals surface area contributed by atoms with Crippen LogP contribution in [0.5, 0.6) is 5.75 Å². The van der Waals surface area contributed by atoms with Crippen LogP contribution in [0, 0.1) is 0 Å². The first kappa shape index (κ1) is 17.3. The molecule has 0 unspecified atom stereocenters. The second kappa shape index (κ2) is 6.91. The first-order chi connectivity index (χ1) is 13.1. The van der Waals surface area contributed by atoms with Crippen LogP contribution in [0.2, 0.25) is 0 Å². The molecule has 27 heavy (non-hydrogen) atoms. The lowest BCUT2D eigenvalue weighted by Crippen LogP contribution is -2.49. The molecule has 5 nitrogen and oxygen atoms in total. The molecule has 0 radical (unpaired) electrons. The van der Waals surface area contributed by atoms with Crippen molar-refractivity contribution in [2.24, 2.45) is 0 Å². The quantitative estimate of drug-likeness (QED) is 0.910. The first-order valence-corrected chi connectivity index (χ1v) is 9.11. The van der Waals surface area contributed by atoms with Crippen molar-refractivity contribution in [2.75, 3.05) is 19.7 Å². The smallest absolute Gasteiger partial charge is 0.314 e. The van der Waals surface area contributed by atoms with Crippen LogP contribution in [0.3, 0.4) is 0 Å². The fraction of sp³-hybridized carbons (Fsp3) is 0.273. The third kappa shape index (κ3) is 3.10. The van der Waals surface area contributed by atoms with Gasteiger partial charge in [0.15, 0.2) is 0 Å². The number of nitrogens with zero attached hydrogens (tertiary/aromatic N) is 1. The Kier molecular flexibility index (Phi) is 4.44. The Bertz CT molecular complexity index is 896. The minimum Gasteiger partial charge on any atom is -0.488 e. The van der Waals surface area contributed by atoms with E-state index < -0.39 is 11.4 Å². The number of ether oxygens (including phenoxy) is 1. The zero-order valence-corrected chi connectivity index (χ0v) is 14.9. The van der Waals surface area contributed by atoms with Crippen molar-refractivity contribution in [1.29, 1.82) is 0 Å². The molecule has 1 fully saturated rings. The van der Waals surface area contributed by atoms with Gasteiger partial charge in [-0.15, -0.1) is 0 Å². The van der Waals surface area contributed by atoms with Gasteiger partial charge < -0.3 is 14.7 Å². The summed E-state index contributed by atoms with van der Waals surface area (Å²) in [5, 5.41) is 9.89. The summed E-state index contributed by atoms with van der Waals surface area (Å²) < 4.78 is 5.69. The highest BCUT2D eigenvalue weighted by atomic mass is 16.5. The number of carboxylic acid groups (broad SMARTS) is 1. The van der Waals surface area contributed by atoms with Gasteiger partial charge in [-0.25, -0.2) is 0 Å². The van der Waals surface area contributed by atoms with E-state index in [4.69, 9.17) is 4.74 Å². The maximum atomic E-state index is 12.9. The summed E-state index contributed by atoms with van der Waals surface area (Å²) in [6.07, 6.45) is 2.68. The SMILES string of the molecule is O=C(C1=Cc2ccccc2OC1)N1CCC(C(=O)O)(c2ccccc2)CC1. The summed E-state index contributed by atoms with van der Waals surface area (Å²) in [5.41, 5.74) is 1.38. The number of para-hydroxylation sites is 1. The molecule has 0 aliphatic carbocycles. The maximum absolute atomic E-state index is 12.9. The van der Waals surface area contributed by atoms with Gasteiger partial charge in [-0.3, -0.25) is 9.59 Å². The summed E-state index contributed by atoms with van der Waals surface area (Å²) in [5.74, 6) is -0.117. The Morgan fingerprint density at radius 3 is 2.33 bits per heavy atom. The number of hydrogen-bond donors (Lipinski definition) is 1. The van der Waals surface area contributed by atoms with Crippen LogP contribution in [0.15, 0.2) is 60.2 Å². The normalized spacial score (nSPS) is 18.1. The highest BCUT2D eigenvalue weighted by Crippen LogP contribution is 2.36. The third-order valence-corrected chi connectivity index (χ3v) is 5.55. The minimum atomic E-state index is -0.928. The largest absolute Gasteiger partial charge is 0.488 e. The van der Waals surface area contributed by atoms with Crippen molar-refractivity contribution < 1.29 is 19.4 Å². The summed E-state index contributed by atoms with van der Waals surface area (Å²) in [6.45, 7) is 1.08. The predicted molar refractivity (Wildman–Crippen MR) is 101 cm³/mol.